The molecule has 0 aliphatic carbocycles. The first-order valence-electron chi connectivity index (χ1n) is 5.59. The zero-order chi connectivity index (χ0) is 13.8. The van der Waals surface area contributed by atoms with Crippen molar-refractivity contribution in [3.05, 3.63) is 29.3 Å². The van der Waals surface area contributed by atoms with E-state index in [-0.39, 0.29) is 24.6 Å². The molecule has 0 spiro atoms. The summed E-state index contributed by atoms with van der Waals surface area (Å²) in [6, 6.07) is 6.48. The standard InChI is InChI=1S/C12H16N2O3S/c1-3-14(6-7-15)18(16,17)12-8-11(9-13)5-4-10(12)2/h4-5,8,15H,3,6-7H2,1-2H3. The van der Waals surface area contributed by atoms with E-state index in [0.29, 0.717) is 11.1 Å². The third-order valence-corrected chi connectivity index (χ3v) is 4.75. The van der Waals surface area contributed by atoms with Gasteiger partial charge < -0.3 is 5.11 Å². The van der Waals surface area contributed by atoms with E-state index in [2.05, 4.69) is 0 Å². The van der Waals surface area contributed by atoms with E-state index >= 15 is 0 Å². The maximum atomic E-state index is 12.3. The van der Waals surface area contributed by atoms with Gasteiger partial charge in [-0.25, -0.2) is 8.42 Å². The lowest BCUT2D eigenvalue weighted by Crippen LogP contribution is -2.33. The summed E-state index contributed by atoms with van der Waals surface area (Å²) in [4.78, 5) is 0.122. The molecule has 0 bridgehead atoms. The zero-order valence-corrected chi connectivity index (χ0v) is 11.2. The van der Waals surface area contributed by atoms with Crippen molar-refractivity contribution in [3.8, 4) is 6.07 Å². The Morgan fingerprint density at radius 2 is 2.11 bits per heavy atom. The van der Waals surface area contributed by atoms with E-state index in [1.165, 1.54) is 10.4 Å². The molecule has 0 aliphatic heterocycles. The van der Waals surface area contributed by atoms with Crippen LogP contribution in [0.25, 0.3) is 0 Å². The van der Waals surface area contributed by atoms with Crippen molar-refractivity contribution < 1.29 is 13.5 Å². The second-order valence-corrected chi connectivity index (χ2v) is 5.72. The first-order valence-corrected chi connectivity index (χ1v) is 7.03. The summed E-state index contributed by atoms with van der Waals surface area (Å²) in [5, 5.41) is 17.7. The summed E-state index contributed by atoms with van der Waals surface area (Å²) in [5.74, 6) is 0. The summed E-state index contributed by atoms with van der Waals surface area (Å²) in [6.45, 7) is 3.48. The number of benzene rings is 1. The number of nitriles is 1. The molecule has 0 aliphatic rings. The number of aliphatic hydroxyl groups is 1. The fourth-order valence-electron chi connectivity index (χ4n) is 1.65. The highest BCUT2D eigenvalue weighted by atomic mass is 32.2. The largest absolute Gasteiger partial charge is 0.395 e. The normalized spacial score (nSPS) is 11.5. The topological polar surface area (TPSA) is 81.4 Å². The van der Waals surface area contributed by atoms with Crippen molar-refractivity contribution in [1.82, 2.24) is 4.31 Å². The average molecular weight is 268 g/mol. The van der Waals surface area contributed by atoms with Crippen LogP contribution in [0.15, 0.2) is 23.1 Å². The van der Waals surface area contributed by atoms with Crippen LogP contribution in [0.5, 0.6) is 0 Å². The number of aliphatic hydroxyl groups excluding tert-OH is 1. The van der Waals surface area contributed by atoms with Crippen LogP contribution in [0.2, 0.25) is 0 Å². The van der Waals surface area contributed by atoms with Crippen molar-refractivity contribution in [1.29, 1.82) is 5.26 Å². The highest BCUT2D eigenvalue weighted by Gasteiger charge is 2.24. The number of hydrogen-bond acceptors (Lipinski definition) is 4. The second kappa shape index (κ2) is 5.96. The molecule has 0 atom stereocenters. The third kappa shape index (κ3) is 2.88. The quantitative estimate of drug-likeness (QED) is 0.859. The van der Waals surface area contributed by atoms with Crippen molar-refractivity contribution in [2.45, 2.75) is 18.7 Å². The van der Waals surface area contributed by atoms with Crippen molar-refractivity contribution >= 4 is 10.0 Å². The third-order valence-electron chi connectivity index (χ3n) is 2.64. The molecule has 0 fully saturated rings. The van der Waals surface area contributed by atoms with Crippen molar-refractivity contribution in [3.63, 3.8) is 0 Å². The molecule has 0 saturated carbocycles. The molecule has 5 nitrogen and oxygen atoms in total. The average Bonchev–Trinajstić information content (AvgIpc) is 2.36. The Labute approximate surface area is 107 Å². The van der Waals surface area contributed by atoms with Gasteiger partial charge in [-0.1, -0.05) is 13.0 Å². The van der Waals surface area contributed by atoms with E-state index in [0.717, 1.165) is 0 Å². The minimum atomic E-state index is -3.65. The lowest BCUT2D eigenvalue weighted by molar-refractivity contribution is 0.257. The monoisotopic (exact) mass is 268 g/mol. The number of aryl methyl sites for hydroxylation is 1. The summed E-state index contributed by atoms with van der Waals surface area (Å²) in [5.41, 5.74) is 0.893. The summed E-state index contributed by atoms with van der Waals surface area (Å²) >= 11 is 0. The number of rotatable bonds is 5. The smallest absolute Gasteiger partial charge is 0.243 e. The van der Waals surface area contributed by atoms with Gasteiger partial charge in [0.25, 0.3) is 0 Å². The fourth-order valence-corrected chi connectivity index (χ4v) is 3.34. The Bertz CT molecular complexity index is 561. The Kier molecular flexibility index (Phi) is 4.84. The van der Waals surface area contributed by atoms with Crippen LogP contribution >= 0.6 is 0 Å². The summed E-state index contributed by atoms with van der Waals surface area (Å²) < 4.78 is 25.9. The zero-order valence-electron chi connectivity index (χ0n) is 10.4. The van der Waals surface area contributed by atoms with Crippen molar-refractivity contribution in [2.24, 2.45) is 0 Å². The fraction of sp³-hybridized carbons (Fsp3) is 0.417. The molecule has 0 radical (unpaired) electrons. The molecule has 0 heterocycles. The van der Waals surface area contributed by atoms with Crippen LogP contribution in [-0.4, -0.2) is 37.5 Å². The molecule has 1 aromatic carbocycles. The molecule has 98 valence electrons. The van der Waals surface area contributed by atoms with Gasteiger partial charge in [0.1, 0.15) is 0 Å². The maximum Gasteiger partial charge on any atom is 0.243 e. The van der Waals surface area contributed by atoms with Gasteiger partial charge in [0.05, 0.1) is 23.1 Å². The Morgan fingerprint density at radius 3 is 2.61 bits per heavy atom. The van der Waals surface area contributed by atoms with Gasteiger partial charge in [-0.2, -0.15) is 9.57 Å². The first kappa shape index (κ1) is 14.6. The number of hydrogen-bond donors (Lipinski definition) is 1. The van der Waals surface area contributed by atoms with E-state index in [4.69, 9.17) is 10.4 Å². The molecular formula is C12H16N2O3S. The van der Waals surface area contributed by atoms with Crippen LogP contribution < -0.4 is 0 Å². The van der Waals surface area contributed by atoms with Gasteiger partial charge in [-0.15, -0.1) is 0 Å². The van der Waals surface area contributed by atoms with Crippen LogP contribution in [0.4, 0.5) is 0 Å². The van der Waals surface area contributed by atoms with E-state index in [9.17, 15) is 8.42 Å². The molecular weight excluding hydrogens is 252 g/mol. The summed E-state index contributed by atoms with van der Waals surface area (Å²) in [6.07, 6.45) is 0. The lowest BCUT2D eigenvalue weighted by atomic mass is 10.2. The molecule has 1 N–H and O–H groups in total. The van der Waals surface area contributed by atoms with E-state index < -0.39 is 10.0 Å². The molecule has 0 unspecified atom stereocenters. The van der Waals surface area contributed by atoms with Gasteiger partial charge in [0.2, 0.25) is 10.0 Å². The Balaban J connectivity index is 3.31. The highest BCUT2D eigenvalue weighted by Crippen LogP contribution is 2.20. The minimum absolute atomic E-state index is 0.0506. The predicted octanol–water partition coefficient (Wildman–Crippen LogP) is 0.870. The lowest BCUT2D eigenvalue weighted by Gasteiger charge is -2.20. The highest BCUT2D eigenvalue weighted by molar-refractivity contribution is 7.89. The Morgan fingerprint density at radius 1 is 1.44 bits per heavy atom. The SMILES string of the molecule is CCN(CCO)S(=O)(=O)c1cc(C#N)ccc1C. The van der Waals surface area contributed by atoms with Crippen LogP contribution in [0.1, 0.15) is 18.1 Å². The predicted molar refractivity (Wildman–Crippen MR) is 67.4 cm³/mol. The van der Waals surface area contributed by atoms with Gasteiger partial charge in [0, 0.05) is 13.1 Å². The maximum absolute atomic E-state index is 12.3. The van der Waals surface area contributed by atoms with Gasteiger partial charge >= 0.3 is 0 Å². The van der Waals surface area contributed by atoms with Crippen LogP contribution in [0, 0.1) is 18.3 Å². The Hall–Kier alpha value is -1.42. The van der Waals surface area contributed by atoms with Crippen LogP contribution in [-0.2, 0) is 10.0 Å². The molecule has 0 aromatic heterocycles. The molecule has 1 rings (SSSR count). The van der Waals surface area contributed by atoms with Gasteiger partial charge in [-0.3, -0.25) is 0 Å². The molecule has 0 saturated heterocycles. The first-order chi connectivity index (χ1) is 8.47. The molecule has 0 amide bonds. The number of nitrogens with zero attached hydrogens (tertiary/aromatic N) is 2. The van der Waals surface area contributed by atoms with Crippen molar-refractivity contribution in [2.75, 3.05) is 19.7 Å². The molecule has 1 aromatic rings. The molecule has 6 heteroatoms. The van der Waals surface area contributed by atoms with Gasteiger partial charge in [-0.05, 0) is 24.6 Å². The summed E-state index contributed by atoms with van der Waals surface area (Å²) in [7, 11) is -3.65. The van der Waals surface area contributed by atoms with Crippen LogP contribution in [0.3, 0.4) is 0 Å². The minimum Gasteiger partial charge on any atom is -0.395 e. The van der Waals surface area contributed by atoms with Gasteiger partial charge in [0.15, 0.2) is 0 Å². The van der Waals surface area contributed by atoms with E-state index in [1.807, 2.05) is 6.07 Å². The molecule has 18 heavy (non-hydrogen) atoms. The number of sulfonamides is 1. The van der Waals surface area contributed by atoms with E-state index in [1.54, 1.807) is 26.0 Å². The second-order valence-electron chi connectivity index (χ2n) is 3.81. The number of likely N-dealkylation sites (N-methyl/N-ethyl adjacent to an activating group) is 1.